The van der Waals surface area contributed by atoms with Crippen molar-refractivity contribution >= 4 is 31.6 Å². The van der Waals surface area contributed by atoms with Crippen LogP contribution >= 0.6 is 15.9 Å². The molecule has 0 spiro atoms. The molecule has 0 radical (unpaired) electrons. The van der Waals surface area contributed by atoms with Gasteiger partial charge in [0, 0.05) is 11.0 Å². The summed E-state index contributed by atoms with van der Waals surface area (Å²) in [5.74, 6) is -1.93. The fraction of sp³-hybridized carbons (Fsp3) is 0.500. The Bertz CT molecular complexity index is 544. The molecular weight excluding hydrogens is 354 g/mol. The van der Waals surface area contributed by atoms with Gasteiger partial charge in [-0.25, -0.2) is 17.2 Å². The highest BCUT2D eigenvalue weighted by Crippen LogP contribution is 2.25. The third kappa shape index (κ3) is 4.68. The first-order chi connectivity index (χ1) is 9.27. The van der Waals surface area contributed by atoms with Crippen molar-refractivity contribution in [1.82, 2.24) is 5.32 Å². The molecule has 8 heteroatoms. The molecule has 0 saturated heterocycles. The highest BCUT2D eigenvalue weighted by atomic mass is 79.9. The van der Waals surface area contributed by atoms with Gasteiger partial charge in [0.25, 0.3) is 0 Å². The minimum absolute atomic E-state index is 0.202. The second-order valence-electron chi connectivity index (χ2n) is 4.41. The summed E-state index contributed by atoms with van der Waals surface area (Å²) in [4.78, 5) is 0. The van der Waals surface area contributed by atoms with Gasteiger partial charge in [-0.15, -0.1) is 0 Å². The molecule has 1 aromatic rings. The Morgan fingerprint density at radius 2 is 1.85 bits per heavy atom. The van der Waals surface area contributed by atoms with Gasteiger partial charge in [-0.05, 0) is 32.0 Å². The zero-order valence-electron chi connectivity index (χ0n) is 11.2. The Hall–Kier alpha value is -0.730. The molecule has 20 heavy (non-hydrogen) atoms. The van der Waals surface area contributed by atoms with Gasteiger partial charge in [-0.1, -0.05) is 22.9 Å². The predicted molar refractivity (Wildman–Crippen MR) is 79.2 cm³/mol. The van der Waals surface area contributed by atoms with Crippen LogP contribution in [-0.2, 0) is 10.0 Å². The first-order valence-corrected chi connectivity index (χ1v) is 8.48. The summed E-state index contributed by atoms with van der Waals surface area (Å²) in [5, 5.41) is 2.14. The van der Waals surface area contributed by atoms with Crippen LogP contribution in [0.4, 0.5) is 14.5 Å². The number of halogens is 3. The van der Waals surface area contributed by atoms with Crippen LogP contribution in [0.25, 0.3) is 0 Å². The summed E-state index contributed by atoms with van der Waals surface area (Å²) in [6.45, 7) is 4.32. The van der Waals surface area contributed by atoms with Crippen molar-refractivity contribution in [2.24, 2.45) is 0 Å². The SMILES string of the molecule is CCCNCC(C)S(=O)(=O)Nc1c(F)cc(Br)cc1F. The number of hydrogen-bond acceptors (Lipinski definition) is 3. The van der Waals surface area contributed by atoms with Crippen molar-refractivity contribution < 1.29 is 17.2 Å². The molecule has 1 atom stereocenters. The zero-order chi connectivity index (χ0) is 15.3. The van der Waals surface area contributed by atoms with E-state index in [0.29, 0.717) is 6.54 Å². The second kappa shape index (κ2) is 7.33. The Morgan fingerprint density at radius 3 is 2.35 bits per heavy atom. The Morgan fingerprint density at radius 1 is 1.30 bits per heavy atom. The van der Waals surface area contributed by atoms with Gasteiger partial charge in [-0.2, -0.15) is 0 Å². The predicted octanol–water partition coefficient (Wildman–Crippen LogP) is 2.86. The van der Waals surface area contributed by atoms with Gasteiger partial charge in [0.2, 0.25) is 10.0 Å². The minimum Gasteiger partial charge on any atom is -0.315 e. The summed E-state index contributed by atoms with van der Waals surface area (Å²) in [6, 6.07) is 2.00. The molecule has 1 aromatic carbocycles. The van der Waals surface area contributed by atoms with Crippen LogP contribution < -0.4 is 10.0 Å². The summed E-state index contributed by atoms with van der Waals surface area (Å²) in [6.07, 6.45) is 0.871. The van der Waals surface area contributed by atoms with Crippen molar-refractivity contribution in [3.8, 4) is 0 Å². The summed E-state index contributed by atoms with van der Waals surface area (Å²) < 4.78 is 53.3. The average molecular weight is 371 g/mol. The van der Waals surface area contributed by atoms with Crippen LogP contribution in [0.1, 0.15) is 20.3 Å². The molecular formula is C12H17BrF2N2O2S. The van der Waals surface area contributed by atoms with Gasteiger partial charge in [-0.3, -0.25) is 4.72 Å². The summed E-state index contributed by atoms with van der Waals surface area (Å²) in [7, 11) is -3.86. The molecule has 0 aliphatic rings. The number of benzene rings is 1. The topological polar surface area (TPSA) is 58.2 Å². The van der Waals surface area contributed by atoms with E-state index in [-0.39, 0.29) is 11.0 Å². The maximum absolute atomic E-state index is 13.6. The van der Waals surface area contributed by atoms with E-state index in [4.69, 9.17) is 0 Å². The van der Waals surface area contributed by atoms with E-state index in [9.17, 15) is 17.2 Å². The van der Waals surface area contributed by atoms with E-state index >= 15 is 0 Å². The number of hydrogen-bond donors (Lipinski definition) is 2. The third-order valence-corrected chi connectivity index (χ3v) is 4.81. The number of nitrogens with one attached hydrogen (secondary N) is 2. The molecule has 0 bridgehead atoms. The maximum Gasteiger partial charge on any atom is 0.236 e. The monoisotopic (exact) mass is 370 g/mol. The lowest BCUT2D eigenvalue weighted by Gasteiger charge is -2.16. The fourth-order valence-corrected chi connectivity index (χ4v) is 2.89. The van der Waals surface area contributed by atoms with E-state index in [1.54, 1.807) is 0 Å². The Kier molecular flexibility index (Phi) is 6.35. The molecule has 0 fully saturated rings. The third-order valence-electron chi connectivity index (χ3n) is 2.64. The van der Waals surface area contributed by atoms with Crippen LogP contribution in [0.15, 0.2) is 16.6 Å². The van der Waals surface area contributed by atoms with Crippen molar-refractivity contribution in [3.05, 3.63) is 28.2 Å². The molecule has 0 amide bonds. The molecule has 0 saturated carbocycles. The van der Waals surface area contributed by atoms with Crippen LogP contribution in [0.2, 0.25) is 0 Å². The molecule has 114 valence electrons. The standard InChI is InChI=1S/C12H17BrF2N2O2S/c1-3-4-16-7-8(2)20(18,19)17-12-10(14)5-9(13)6-11(12)15/h5-6,8,16-17H,3-4,7H2,1-2H3. The molecule has 0 aromatic heterocycles. The highest BCUT2D eigenvalue weighted by molar-refractivity contribution is 9.10. The smallest absolute Gasteiger partial charge is 0.236 e. The van der Waals surface area contributed by atoms with Crippen molar-refractivity contribution in [2.45, 2.75) is 25.5 Å². The lowest BCUT2D eigenvalue weighted by atomic mass is 10.3. The molecule has 0 aliphatic heterocycles. The van der Waals surface area contributed by atoms with E-state index in [1.165, 1.54) is 6.92 Å². The fourth-order valence-electron chi connectivity index (χ4n) is 1.47. The van der Waals surface area contributed by atoms with Gasteiger partial charge in [0.1, 0.15) is 5.69 Å². The van der Waals surface area contributed by atoms with Crippen LogP contribution in [0.5, 0.6) is 0 Å². The largest absolute Gasteiger partial charge is 0.315 e. The first kappa shape index (κ1) is 17.3. The lowest BCUT2D eigenvalue weighted by molar-refractivity contribution is 0.568. The molecule has 1 unspecified atom stereocenters. The second-order valence-corrected chi connectivity index (χ2v) is 7.42. The Balaban J connectivity index is 2.86. The van der Waals surface area contributed by atoms with Crippen LogP contribution in [0, 0.1) is 11.6 Å². The van der Waals surface area contributed by atoms with Crippen LogP contribution in [-0.4, -0.2) is 26.8 Å². The summed E-state index contributed by atoms with van der Waals surface area (Å²) >= 11 is 2.93. The zero-order valence-corrected chi connectivity index (χ0v) is 13.6. The minimum atomic E-state index is -3.86. The average Bonchev–Trinajstić information content (AvgIpc) is 2.34. The summed E-state index contributed by atoms with van der Waals surface area (Å²) in [5.41, 5.74) is -0.657. The molecule has 2 N–H and O–H groups in total. The van der Waals surface area contributed by atoms with Gasteiger partial charge < -0.3 is 5.32 Å². The maximum atomic E-state index is 13.6. The molecule has 0 aliphatic carbocycles. The van der Waals surface area contributed by atoms with E-state index in [2.05, 4.69) is 21.2 Å². The highest BCUT2D eigenvalue weighted by Gasteiger charge is 2.23. The molecule has 1 rings (SSSR count). The van der Waals surface area contributed by atoms with E-state index < -0.39 is 32.6 Å². The van der Waals surface area contributed by atoms with Gasteiger partial charge in [0.15, 0.2) is 11.6 Å². The van der Waals surface area contributed by atoms with Gasteiger partial charge >= 0.3 is 0 Å². The van der Waals surface area contributed by atoms with Crippen molar-refractivity contribution in [1.29, 1.82) is 0 Å². The Labute approximate surface area is 126 Å². The van der Waals surface area contributed by atoms with Crippen molar-refractivity contribution in [2.75, 3.05) is 17.8 Å². The number of sulfonamides is 1. The van der Waals surface area contributed by atoms with Crippen molar-refractivity contribution in [3.63, 3.8) is 0 Å². The number of anilines is 1. The van der Waals surface area contributed by atoms with Crippen LogP contribution in [0.3, 0.4) is 0 Å². The van der Waals surface area contributed by atoms with E-state index in [0.717, 1.165) is 18.6 Å². The lowest BCUT2D eigenvalue weighted by Crippen LogP contribution is -2.35. The molecule has 0 heterocycles. The quantitative estimate of drug-likeness (QED) is 0.725. The normalized spacial score (nSPS) is 13.2. The molecule has 4 nitrogen and oxygen atoms in total. The van der Waals surface area contributed by atoms with Gasteiger partial charge in [0.05, 0.1) is 5.25 Å². The van der Waals surface area contributed by atoms with E-state index in [1.807, 2.05) is 11.6 Å². The number of rotatable bonds is 7. The first-order valence-electron chi connectivity index (χ1n) is 6.14.